The summed E-state index contributed by atoms with van der Waals surface area (Å²) in [6.07, 6.45) is 0. The predicted octanol–water partition coefficient (Wildman–Crippen LogP) is 3.51. The molecule has 0 saturated carbocycles. The number of sulfonamides is 1. The molecule has 27 heavy (non-hydrogen) atoms. The van der Waals surface area contributed by atoms with E-state index in [1.54, 1.807) is 4.72 Å². The minimum atomic E-state index is -4.35. The van der Waals surface area contributed by atoms with Gasteiger partial charge in [-0.2, -0.15) is 12.8 Å². The van der Waals surface area contributed by atoms with Gasteiger partial charge in [0.2, 0.25) is 5.95 Å². The molecule has 0 atom stereocenters. The number of hydrogen-bond acceptors (Lipinski definition) is 5. The Morgan fingerprint density at radius 3 is 2.00 bits per heavy atom. The van der Waals surface area contributed by atoms with Crippen molar-refractivity contribution < 1.29 is 22.0 Å². The Bertz CT molecular complexity index is 916. The van der Waals surface area contributed by atoms with Crippen LogP contribution in [0.15, 0.2) is 29.3 Å². The van der Waals surface area contributed by atoms with Gasteiger partial charge in [-0.05, 0) is 47.2 Å². The molecule has 146 valence electrons. The summed E-state index contributed by atoms with van der Waals surface area (Å²) in [5.74, 6) is -1.63. The third kappa shape index (κ3) is 4.97. The van der Waals surface area contributed by atoms with Crippen molar-refractivity contribution in [2.75, 3.05) is 5.32 Å². The molecule has 0 aliphatic rings. The van der Waals surface area contributed by atoms with Crippen LogP contribution in [-0.4, -0.2) is 24.6 Å². The molecule has 2 amide bonds. The molecule has 0 aliphatic heterocycles. The van der Waals surface area contributed by atoms with Crippen LogP contribution in [0.1, 0.15) is 50.7 Å². The highest BCUT2D eigenvalue weighted by atomic mass is 32.2. The Morgan fingerprint density at radius 1 is 1.00 bits per heavy atom. The van der Waals surface area contributed by atoms with Gasteiger partial charge in [0, 0.05) is 5.69 Å². The summed E-state index contributed by atoms with van der Waals surface area (Å²) in [7, 11) is -4.35. The Kier molecular flexibility index (Phi) is 6.09. The van der Waals surface area contributed by atoms with Gasteiger partial charge in [-0.15, -0.1) is 10.2 Å². The number of aromatic nitrogens is 2. The Hall–Kier alpha value is -2.62. The fourth-order valence-corrected chi connectivity index (χ4v) is 3.26. The highest BCUT2D eigenvalue weighted by Crippen LogP contribution is 2.33. The van der Waals surface area contributed by atoms with E-state index in [2.05, 4.69) is 15.5 Å². The highest BCUT2D eigenvalue weighted by molar-refractivity contribution is 7.90. The second-order valence-electron chi connectivity index (χ2n) is 6.52. The lowest BCUT2D eigenvalue weighted by atomic mass is 9.92. The predicted molar refractivity (Wildman–Crippen MR) is 95.9 cm³/mol. The number of halogens is 2. The second-order valence-corrected chi connectivity index (χ2v) is 8.15. The van der Waals surface area contributed by atoms with E-state index < -0.39 is 32.8 Å². The van der Waals surface area contributed by atoms with Gasteiger partial charge in [-0.3, -0.25) is 0 Å². The summed E-state index contributed by atoms with van der Waals surface area (Å²) in [5, 5.41) is 8.10. The minimum absolute atomic E-state index is 0.118. The molecule has 7 nitrogen and oxygen atoms in total. The van der Waals surface area contributed by atoms with Crippen LogP contribution in [0.25, 0.3) is 0 Å². The van der Waals surface area contributed by atoms with E-state index in [9.17, 15) is 22.0 Å². The van der Waals surface area contributed by atoms with Crippen molar-refractivity contribution in [2.45, 2.75) is 44.6 Å². The lowest BCUT2D eigenvalue weighted by Gasteiger charge is -2.20. The molecule has 0 radical (unpaired) electrons. The zero-order chi connectivity index (χ0) is 20.4. The molecule has 2 rings (SSSR count). The normalized spacial score (nSPS) is 11.7. The number of nitrogens with zero attached hydrogens (tertiary/aromatic N) is 2. The molecule has 0 aliphatic carbocycles. The minimum Gasteiger partial charge on any atom is -0.307 e. The quantitative estimate of drug-likeness (QED) is 0.803. The Labute approximate surface area is 156 Å². The van der Waals surface area contributed by atoms with Crippen molar-refractivity contribution in [3.8, 4) is 0 Å². The van der Waals surface area contributed by atoms with Crippen LogP contribution in [0.2, 0.25) is 0 Å². The lowest BCUT2D eigenvalue weighted by Crippen LogP contribution is -2.35. The smallest absolute Gasteiger partial charge is 0.307 e. The molecule has 0 unspecified atom stereocenters. The summed E-state index contributed by atoms with van der Waals surface area (Å²) in [6, 6.07) is 3.25. The van der Waals surface area contributed by atoms with Crippen molar-refractivity contribution in [3.63, 3.8) is 0 Å². The zero-order valence-electron chi connectivity index (χ0n) is 15.2. The summed E-state index contributed by atoms with van der Waals surface area (Å²) >= 11 is 0. The van der Waals surface area contributed by atoms with E-state index in [1.807, 2.05) is 27.7 Å². The van der Waals surface area contributed by atoms with Crippen LogP contribution in [0, 0.1) is 11.8 Å². The number of carbonyl (C=O) groups excluding carboxylic acids is 1. The fraction of sp³-hybridized carbons (Fsp3) is 0.353. The Balaban J connectivity index is 2.33. The van der Waals surface area contributed by atoms with Crippen molar-refractivity contribution in [3.05, 3.63) is 47.2 Å². The molecule has 10 heteroatoms. The van der Waals surface area contributed by atoms with Gasteiger partial charge in [0.25, 0.3) is 10.0 Å². The first-order valence-corrected chi connectivity index (χ1v) is 9.66. The summed E-state index contributed by atoms with van der Waals surface area (Å²) < 4.78 is 52.9. The summed E-state index contributed by atoms with van der Waals surface area (Å²) in [4.78, 5) is 12.3. The molecule has 1 aromatic carbocycles. The number of urea groups is 1. The molecule has 0 fully saturated rings. The van der Waals surface area contributed by atoms with Crippen LogP contribution < -0.4 is 10.0 Å². The van der Waals surface area contributed by atoms with Gasteiger partial charge in [-0.25, -0.2) is 13.9 Å². The average molecular weight is 398 g/mol. The summed E-state index contributed by atoms with van der Waals surface area (Å²) in [6.45, 7) is 7.30. The third-order valence-corrected chi connectivity index (χ3v) is 4.98. The molecule has 2 aromatic rings. The number of amides is 2. The van der Waals surface area contributed by atoms with Crippen LogP contribution >= 0.6 is 0 Å². The lowest BCUT2D eigenvalue weighted by molar-refractivity contribution is 0.256. The second kappa shape index (κ2) is 7.95. The van der Waals surface area contributed by atoms with Crippen molar-refractivity contribution in [2.24, 2.45) is 0 Å². The maximum absolute atomic E-state index is 13.9. The topological polar surface area (TPSA) is 101 Å². The van der Waals surface area contributed by atoms with Gasteiger partial charge >= 0.3 is 6.03 Å². The molecule has 0 bridgehead atoms. The standard InChI is InChI=1S/C17H20F2N4O3S/c1-9(2)12-7-11(18)8-13(10(3)4)16(12)20-17(24)23-27(25,26)15-6-5-14(19)21-22-15/h5-10H,1-4H3,(H2,20,23,24). The monoisotopic (exact) mass is 398 g/mol. The first kappa shape index (κ1) is 20.7. The average Bonchev–Trinajstić information content (AvgIpc) is 2.55. The van der Waals surface area contributed by atoms with Crippen LogP contribution in [0.3, 0.4) is 0 Å². The number of anilines is 1. The number of rotatable bonds is 5. The summed E-state index contributed by atoms with van der Waals surface area (Å²) in [5.41, 5.74) is 1.42. The van der Waals surface area contributed by atoms with E-state index in [1.165, 1.54) is 12.1 Å². The van der Waals surface area contributed by atoms with E-state index in [-0.39, 0.29) is 11.8 Å². The van der Waals surface area contributed by atoms with E-state index in [0.29, 0.717) is 16.8 Å². The molecular formula is C17H20F2N4O3S. The van der Waals surface area contributed by atoms with Crippen molar-refractivity contribution >= 4 is 21.7 Å². The molecule has 0 spiro atoms. The first-order chi connectivity index (χ1) is 12.5. The molecule has 1 heterocycles. The van der Waals surface area contributed by atoms with Crippen molar-refractivity contribution in [1.29, 1.82) is 0 Å². The van der Waals surface area contributed by atoms with Gasteiger partial charge in [0.1, 0.15) is 5.82 Å². The molecule has 0 saturated heterocycles. The fourth-order valence-electron chi connectivity index (χ4n) is 2.47. The number of benzene rings is 1. The van der Waals surface area contributed by atoms with E-state index in [0.717, 1.165) is 12.1 Å². The Morgan fingerprint density at radius 2 is 1.56 bits per heavy atom. The van der Waals surface area contributed by atoms with Gasteiger partial charge in [0.05, 0.1) is 0 Å². The molecular weight excluding hydrogens is 378 g/mol. The SMILES string of the molecule is CC(C)c1cc(F)cc(C(C)C)c1NC(=O)NS(=O)(=O)c1ccc(F)nn1. The number of carbonyl (C=O) groups is 1. The maximum atomic E-state index is 13.9. The van der Waals surface area contributed by atoms with Crippen molar-refractivity contribution in [1.82, 2.24) is 14.9 Å². The van der Waals surface area contributed by atoms with E-state index >= 15 is 0 Å². The van der Waals surface area contributed by atoms with Gasteiger partial charge in [0.15, 0.2) is 5.03 Å². The first-order valence-electron chi connectivity index (χ1n) is 8.17. The largest absolute Gasteiger partial charge is 0.333 e. The highest BCUT2D eigenvalue weighted by Gasteiger charge is 2.23. The van der Waals surface area contributed by atoms with Gasteiger partial charge in [-0.1, -0.05) is 27.7 Å². The molecule has 2 N–H and O–H groups in total. The van der Waals surface area contributed by atoms with Gasteiger partial charge < -0.3 is 5.32 Å². The molecule has 1 aromatic heterocycles. The third-order valence-electron chi connectivity index (χ3n) is 3.76. The number of hydrogen-bond donors (Lipinski definition) is 2. The number of nitrogens with one attached hydrogen (secondary N) is 2. The zero-order valence-corrected chi connectivity index (χ0v) is 16.1. The van der Waals surface area contributed by atoms with Crippen LogP contribution in [0.4, 0.5) is 19.3 Å². The van der Waals surface area contributed by atoms with Crippen LogP contribution in [0.5, 0.6) is 0 Å². The van der Waals surface area contributed by atoms with E-state index in [4.69, 9.17) is 0 Å². The maximum Gasteiger partial charge on any atom is 0.333 e. The van der Waals surface area contributed by atoms with Crippen LogP contribution in [-0.2, 0) is 10.0 Å².